The van der Waals surface area contributed by atoms with E-state index in [1.165, 1.54) is 25.7 Å². The molecule has 1 unspecified atom stereocenters. The van der Waals surface area contributed by atoms with Gasteiger partial charge in [0.1, 0.15) is 17.5 Å². The van der Waals surface area contributed by atoms with Crippen LogP contribution in [0.1, 0.15) is 49.9 Å². The summed E-state index contributed by atoms with van der Waals surface area (Å²) < 4.78 is 0. The summed E-state index contributed by atoms with van der Waals surface area (Å²) in [5.74, 6) is 4.43. The summed E-state index contributed by atoms with van der Waals surface area (Å²) in [6, 6.07) is 0.523. The van der Waals surface area contributed by atoms with E-state index in [1.54, 1.807) is 0 Å². The van der Waals surface area contributed by atoms with Crippen LogP contribution in [0.2, 0.25) is 0 Å². The van der Waals surface area contributed by atoms with Crippen LogP contribution in [-0.4, -0.2) is 23.1 Å². The Labute approximate surface area is 109 Å². The third kappa shape index (κ3) is 2.28. The minimum Gasteiger partial charge on any atom is -0.373 e. The maximum absolute atomic E-state index is 4.73. The van der Waals surface area contributed by atoms with Crippen molar-refractivity contribution in [2.24, 2.45) is 5.92 Å². The summed E-state index contributed by atoms with van der Waals surface area (Å²) in [5.41, 5.74) is 1.13. The van der Waals surface area contributed by atoms with Crippen molar-refractivity contribution in [1.29, 1.82) is 0 Å². The van der Waals surface area contributed by atoms with Gasteiger partial charge in [-0.25, -0.2) is 9.97 Å². The van der Waals surface area contributed by atoms with Gasteiger partial charge in [0.15, 0.2) is 0 Å². The Kier molecular flexibility index (Phi) is 2.88. The van der Waals surface area contributed by atoms with Gasteiger partial charge in [0.2, 0.25) is 0 Å². The molecule has 18 heavy (non-hydrogen) atoms. The van der Waals surface area contributed by atoms with Crippen molar-refractivity contribution in [3.05, 3.63) is 11.4 Å². The van der Waals surface area contributed by atoms with Gasteiger partial charge in [-0.1, -0.05) is 0 Å². The van der Waals surface area contributed by atoms with Gasteiger partial charge < -0.3 is 10.6 Å². The minimum atomic E-state index is 0.523. The van der Waals surface area contributed by atoms with Crippen LogP contribution in [0.3, 0.4) is 0 Å². The fraction of sp³-hybridized carbons (Fsp3) is 0.714. The van der Waals surface area contributed by atoms with E-state index < -0.39 is 0 Å². The zero-order valence-corrected chi connectivity index (χ0v) is 11.5. The zero-order chi connectivity index (χ0) is 12.7. The van der Waals surface area contributed by atoms with Crippen LogP contribution < -0.4 is 10.6 Å². The normalized spacial score (nSPS) is 20.6. The maximum Gasteiger partial charge on any atom is 0.136 e. The second-order valence-electron chi connectivity index (χ2n) is 5.70. The number of hydrogen-bond acceptors (Lipinski definition) is 4. The summed E-state index contributed by atoms with van der Waals surface area (Å²) in [7, 11) is 1.93. The Morgan fingerprint density at radius 3 is 2.33 bits per heavy atom. The molecule has 1 heterocycles. The lowest BCUT2D eigenvalue weighted by molar-refractivity contribution is 0.687. The smallest absolute Gasteiger partial charge is 0.136 e. The molecule has 0 aliphatic heterocycles. The van der Waals surface area contributed by atoms with E-state index in [2.05, 4.69) is 29.5 Å². The van der Waals surface area contributed by atoms with Crippen molar-refractivity contribution in [3.8, 4) is 0 Å². The summed E-state index contributed by atoms with van der Waals surface area (Å²) in [6.07, 6.45) is 5.19. The van der Waals surface area contributed by atoms with Gasteiger partial charge in [0.25, 0.3) is 0 Å². The van der Waals surface area contributed by atoms with Crippen molar-refractivity contribution in [3.63, 3.8) is 0 Å². The molecule has 0 aromatic carbocycles. The van der Waals surface area contributed by atoms with E-state index in [9.17, 15) is 0 Å². The first-order valence-corrected chi connectivity index (χ1v) is 7.02. The van der Waals surface area contributed by atoms with Crippen LogP contribution in [0.15, 0.2) is 0 Å². The largest absolute Gasteiger partial charge is 0.373 e. The van der Waals surface area contributed by atoms with Crippen molar-refractivity contribution in [1.82, 2.24) is 9.97 Å². The molecular formula is C14H22N4. The predicted molar refractivity (Wildman–Crippen MR) is 74.1 cm³/mol. The first-order chi connectivity index (χ1) is 8.69. The summed E-state index contributed by atoms with van der Waals surface area (Å²) in [5, 5.41) is 6.76. The highest BCUT2D eigenvalue weighted by Gasteiger charge is 2.30. The lowest BCUT2D eigenvalue weighted by Crippen LogP contribution is -2.20. The third-order valence-corrected chi connectivity index (χ3v) is 4.04. The number of nitrogens with zero attached hydrogens (tertiary/aromatic N) is 2. The minimum absolute atomic E-state index is 0.523. The van der Waals surface area contributed by atoms with Gasteiger partial charge in [0.05, 0.1) is 0 Å². The molecule has 1 aromatic heterocycles. The van der Waals surface area contributed by atoms with Crippen LogP contribution in [0.25, 0.3) is 0 Å². The zero-order valence-electron chi connectivity index (χ0n) is 11.5. The Morgan fingerprint density at radius 1 is 1.11 bits per heavy atom. The van der Waals surface area contributed by atoms with Crippen LogP contribution in [0, 0.1) is 12.8 Å². The molecule has 1 atom stereocenters. The molecule has 2 saturated carbocycles. The number of aromatic nitrogens is 2. The van der Waals surface area contributed by atoms with Crippen molar-refractivity contribution < 1.29 is 0 Å². The lowest BCUT2D eigenvalue weighted by atomic mass is 10.2. The second-order valence-corrected chi connectivity index (χ2v) is 5.70. The molecule has 2 N–H and O–H groups in total. The molecule has 1 aromatic rings. The Hall–Kier alpha value is -1.32. The first-order valence-electron chi connectivity index (χ1n) is 7.02. The van der Waals surface area contributed by atoms with Crippen molar-refractivity contribution in [2.45, 2.75) is 51.5 Å². The van der Waals surface area contributed by atoms with E-state index in [-0.39, 0.29) is 0 Å². The summed E-state index contributed by atoms with van der Waals surface area (Å²) in [6.45, 7) is 4.35. The van der Waals surface area contributed by atoms with Crippen LogP contribution in [0.5, 0.6) is 0 Å². The van der Waals surface area contributed by atoms with Crippen LogP contribution >= 0.6 is 0 Å². The molecule has 3 rings (SSSR count). The number of nitrogens with one attached hydrogen (secondary N) is 2. The molecule has 98 valence electrons. The predicted octanol–water partition coefficient (Wildman–Crippen LogP) is 2.91. The van der Waals surface area contributed by atoms with Gasteiger partial charge in [-0.15, -0.1) is 0 Å². The molecule has 0 saturated heterocycles. The molecule has 2 fully saturated rings. The van der Waals surface area contributed by atoms with Gasteiger partial charge in [-0.3, -0.25) is 0 Å². The quantitative estimate of drug-likeness (QED) is 0.838. The highest BCUT2D eigenvalue weighted by atomic mass is 15.1. The Balaban J connectivity index is 1.87. The third-order valence-electron chi connectivity index (χ3n) is 4.04. The Bertz CT molecular complexity index is 449. The van der Waals surface area contributed by atoms with E-state index in [0.717, 1.165) is 28.9 Å². The molecule has 0 radical (unpaired) electrons. The number of anilines is 2. The summed E-state index contributed by atoms with van der Waals surface area (Å²) in [4.78, 5) is 9.35. The summed E-state index contributed by atoms with van der Waals surface area (Å²) >= 11 is 0. The van der Waals surface area contributed by atoms with E-state index in [1.807, 2.05) is 7.05 Å². The monoisotopic (exact) mass is 246 g/mol. The highest BCUT2D eigenvalue weighted by Crippen LogP contribution is 2.40. The molecule has 2 aliphatic rings. The van der Waals surface area contributed by atoms with Gasteiger partial charge in [-0.2, -0.15) is 0 Å². The first kappa shape index (κ1) is 11.8. The highest BCUT2D eigenvalue weighted by molar-refractivity contribution is 5.57. The van der Waals surface area contributed by atoms with Crippen molar-refractivity contribution >= 4 is 11.6 Å². The standard InChI is InChI=1S/C14H22N4/c1-8-12(15-3)17-14(11-6-7-11)18-13(8)16-9(2)10-4-5-10/h9-11H,4-7H2,1-3H3,(H2,15,16,17,18). The van der Waals surface area contributed by atoms with E-state index in [4.69, 9.17) is 4.98 Å². The maximum atomic E-state index is 4.73. The molecule has 0 amide bonds. The van der Waals surface area contributed by atoms with Gasteiger partial charge in [0, 0.05) is 24.6 Å². The molecule has 0 bridgehead atoms. The topological polar surface area (TPSA) is 49.8 Å². The van der Waals surface area contributed by atoms with Gasteiger partial charge in [-0.05, 0) is 45.4 Å². The lowest BCUT2D eigenvalue weighted by Gasteiger charge is -2.18. The molecule has 4 nitrogen and oxygen atoms in total. The van der Waals surface area contributed by atoms with Crippen molar-refractivity contribution in [2.75, 3.05) is 17.7 Å². The molecule has 2 aliphatic carbocycles. The molecular weight excluding hydrogens is 224 g/mol. The molecule has 0 spiro atoms. The average Bonchev–Trinajstić information content (AvgIpc) is 3.21. The molecule has 4 heteroatoms. The number of hydrogen-bond donors (Lipinski definition) is 2. The van der Waals surface area contributed by atoms with Crippen LogP contribution in [0.4, 0.5) is 11.6 Å². The van der Waals surface area contributed by atoms with E-state index in [0.29, 0.717) is 12.0 Å². The number of rotatable bonds is 5. The second kappa shape index (κ2) is 4.41. The fourth-order valence-corrected chi connectivity index (χ4v) is 2.37. The SMILES string of the molecule is CNc1nc(C2CC2)nc(NC(C)C2CC2)c1C. The fourth-order valence-electron chi connectivity index (χ4n) is 2.37. The average molecular weight is 246 g/mol. The van der Waals surface area contributed by atoms with E-state index >= 15 is 0 Å². The van der Waals surface area contributed by atoms with Gasteiger partial charge >= 0.3 is 0 Å². The Morgan fingerprint density at radius 2 is 1.78 bits per heavy atom. The van der Waals surface area contributed by atoms with Crippen LogP contribution in [-0.2, 0) is 0 Å².